The fourth-order valence-corrected chi connectivity index (χ4v) is 33.1. The van der Waals surface area contributed by atoms with Crippen LogP contribution in [-0.4, -0.2) is 172 Å². The van der Waals surface area contributed by atoms with Gasteiger partial charge in [-0.05, 0) is 240 Å². The summed E-state index contributed by atoms with van der Waals surface area (Å²) in [5.41, 5.74) is -3.68. The number of hydrogen-bond acceptors (Lipinski definition) is 14. The summed E-state index contributed by atoms with van der Waals surface area (Å²) in [4.78, 5) is 83.2. The molecule has 0 aromatic rings. The van der Waals surface area contributed by atoms with Crippen LogP contribution in [0.2, 0.25) is 0 Å². The molecule has 0 saturated heterocycles. The first-order chi connectivity index (χ1) is 49.9. The molecule has 6 spiro atoms. The minimum Gasteiger partial charge on any atom is -0.633 e. The maximum absolute atomic E-state index is 14.4. The van der Waals surface area contributed by atoms with Gasteiger partial charge >= 0.3 is 0 Å². The highest BCUT2D eigenvalue weighted by Crippen LogP contribution is 2.92. The molecule has 18 nitrogen and oxygen atoms in total. The summed E-state index contributed by atoms with van der Waals surface area (Å²) < 4.78 is -0.470. The van der Waals surface area contributed by atoms with E-state index in [-0.39, 0.29) is 193 Å². The normalized spacial score (nSPS) is 52.4. The molecule has 3 unspecified atom stereocenters. The SMILES string of the molecule is CC(C)C(=O)N[C@H]1CCC23C[C@]24C(=O)C[C@]2(C)[C@@H]([C@H](C)N(C)C)[C@H](O)C[C@@]2(C)[C@@H]4CC[C@H]3[C@]1(C)CO.CC(C)C(=O)N[C@H]1CCC23C[C@]24C(=O)C[C@]2(C)[C@@H]([C@H](C)[N+](C)(C)[O-])[C@H](O)C[C@@]2(C)[C@@H]4CC[C@H]3[C@]1(C)CO.CC[C@@H](C)[C@H]1[C@H](O)C[C@@]2(C)[C@@H]3CC[C@@H]4C5(CC[C@H](NC(=O)C(C)C)[C@@]4(C)CO)C[C@@]35C(=O)C[C@]12C. The monoisotopic (exact) mass is 1510 g/mol. The number of nitrogens with zero attached hydrogens (tertiary/aromatic N) is 2. The van der Waals surface area contributed by atoms with Gasteiger partial charge in [0.2, 0.25) is 17.7 Å². The maximum atomic E-state index is 14.4. The first-order valence-corrected chi connectivity index (χ1v) is 43.5. The molecule has 0 aromatic heterocycles. The van der Waals surface area contributed by atoms with Crippen LogP contribution in [-0.2, 0) is 28.8 Å². The number of ketones is 3. The molecule has 15 saturated carbocycles. The van der Waals surface area contributed by atoms with Crippen molar-refractivity contribution in [1.82, 2.24) is 20.9 Å². The standard InChI is InChI=1S/C30H50N2O5.C30H50N2O4.C30H49NO4/c1-17(2)25(36)31-22-11-12-29-15-30(29)21(10-9-20(29)26(22,4)16-33)27(5)13-19(34)24(18(3)32(7,8)37)28(27,6)14-23(30)35;1-17(2)25(36)31-22-11-12-29-15-30(29)21(10-9-20(29)26(22,4)16-33)27(5)13-19(34)24(18(3)32(7)8)28(27,6)14-23(30)35;1-8-18(4)24-19(33)13-27(6)21-10-9-20-26(5,16-32)22(31-25(35)17(2)3)11-12-29(20)15-30(21,29)23(34)14-28(24,27)7/h17-22,24,33-34H,9-16H2,1-8H3,(H,31,36);17-22,24,33-34H,9-16H2,1-8H3,(H,31,36);17-22,24,32-33H,8-16H2,1-7H3,(H,31,35)/t2*18-,19+,20-,21-,22-,24-,26-,27-,28+,29?,30-;18-,19-,20+,21+,22+,24+,26+,27+,28-,29?,30+/m001/s1. The Labute approximate surface area is 649 Å². The minimum atomic E-state index is -0.587. The average Bonchev–Trinajstić information content (AvgIpc) is 1.47. The summed E-state index contributed by atoms with van der Waals surface area (Å²) in [5.74, 6) is 2.92. The molecule has 0 bridgehead atoms. The van der Waals surface area contributed by atoms with E-state index in [1.165, 1.54) is 0 Å². The molecule has 9 N–H and O–H groups in total. The summed E-state index contributed by atoms with van der Waals surface area (Å²) in [6.07, 6.45) is 17.3. The summed E-state index contributed by atoms with van der Waals surface area (Å²) in [6.45, 7) is 40.5. The van der Waals surface area contributed by atoms with E-state index in [0.717, 1.165) is 116 Å². The van der Waals surface area contributed by atoms with Gasteiger partial charge in [0.25, 0.3) is 0 Å². The Balaban J connectivity index is 0.000000143. The van der Waals surface area contributed by atoms with Crippen molar-refractivity contribution in [3.63, 3.8) is 0 Å². The van der Waals surface area contributed by atoms with E-state index in [1.807, 2.05) is 48.5 Å². The van der Waals surface area contributed by atoms with Crippen molar-refractivity contribution in [2.75, 3.05) is 48.0 Å². The number of quaternary nitrogens is 1. The largest absolute Gasteiger partial charge is 0.633 e. The number of carbonyl (C=O) groups excluding carboxylic acids is 6. The second-order valence-corrected chi connectivity index (χ2v) is 44.7. The molecule has 18 heteroatoms. The molecule has 0 heterocycles. The van der Waals surface area contributed by atoms with Gasteiger partial charge in [-0.2, -0.15) is 0 Å². The predicted molar refractivity (Wildman–Crippen MR) is 418 cm³/mol. The van der Waals surface area contributed by atoms with Crippen molar-refractivity contribution >= 4 is 35.1 Å². The molecule has 0 radical (unpaired) electrons. The molecule has 0 aliphatic heterocycles. The second-order valence-electron chi connectivity index (χ2n) is 44.7. The highest BCUT2D eigenvalue weighted by molar-refractivity contribution is 5.94. The van der Waals surface area contributed by atoms with Gasteiger partial charge in [-0.25, -0.2) is 0 Å². The summed E-state index contributed by atoms with van der Waals surface area (Å²) in [6, 6.07) is -0.288. The number of nitrogens with one attached hydrogen (secondary N) is 3. The van der Waals surface area contributed by atoms with Crippen LogP contribution in [0.1, 0.15) is 273 Å². The molecular formula is C90H149N5O13. The van der Waals surface area contributed by atoms with Gasteiger partial charge in [0.05, 0.1) is 58.3 Å². The first-order valence-electron chi connectivity index (χ1n) is 43.5. The lowest BCUT2D eigenvalue weighted by Crippen LogP contribution is -2.64. The molecule has 33 atom stereocenters. The van der Waals surface area contributed by atoms with Crippen LogP contribution >= 0.6 is 0 Å². The number of rotatable bonds is 15. The molecule has 15 aliphatic rings. The molecule has 15 rings (SSSR count). The van der Waals surface area contributed by atoms with Crippen LogP contribution in [0.15, 0.2) is 0 Å². The third-order valence-electron chi connectivity index (χ3n) is 39.8. The van der Waals surface area contributed by atoms with E-state index in [9.17, 15) is 64.6 Å². The van der Waals surface area contributed by atoms with Crippen molar-refractivity contribution in [2.45, 2.75) is 321 Å². The molecular weight excluding hydrogens is 1360 g/mol. The van der Waals surface area contributed by atoms with Crippen LogP contribution in [0, 0.1) is 163 Å². The lowest BCUT2D eigenvalue weighted by molar-refractivity contribution is -0.870. The second kappa shape index (κ2) is 26.3. The smallest absolute Gasteiger partial charge is 0.222 e. The van der Waals surface area contributed by atoms with Crippen molar-refractivity contribution in [2.24, 2.45) is 158 Å². The third-order valence-corrected chi connectivity index (χ3v) is 39.8. The quantitative estimate of drug-likeness (QED) is 0.0545. The number of aliphatic hydroxyl groups excluding tert-OH is 6. The number of fused-ring (bicyclic) bond motifs is 6. The van der Waals surface area contributed by atoms with Gasteiger partial charge in [-0.3, -0.25) is 28.8 Å². The number of carbonyl (C=O) groups is 6. The number of hydrogen-bond donors (Lipinski definition) is 9. The zero-order valence-corrected chi connectivity index (χ0v) is 71.2. The summed E-state index contributed by atoms with van der Waals surface area (Å²) in [7, 11) is 7.46. The molecule has 3 amide bonds. The Bertz CT molecular complexity index is 3580. The van der Waals surface area contributed by atoms with Crippen molar-refractivity contribution in [1.29, 1.82) is 0 Å². The number of amides is 3. The highest BCUT2D eigenvalue weighted by Gasteiger charge is 2.90. The Morgan fingerprint density at radius 3 is 0.981 bits per heavy atom. The maximum Gasteiger partial charge on any atom is 0.222 e. The van der Waals surface area contributed by atoms with E-state index >= 15 is 0 Å². The van der Waals surface area contributed by atoms with Crippen molar-refractivity contribution in [3.8, 4) is 0 Å². The lowest BCUT2D eigenvalue weighted by atomic mass is 9.41. The van der Waals surface area contributed by atoms with Gasteiger partial charge in [-0.1, -0.05) is 124 Å². The molecule has 15 fully saturated rings. The van der Waals surface area contributed by atoms with Gasteiger partial charge in [-0.15, -0.1) is 0 Å². The lowest BCUT2D eigenvalue weighted by Gasteiger charge is -2.63. The number of hydroxylamine groups is 3. The van der Waals surface area contributed by atoms with E-state index in [0.29, 0.717) is 54.9 Å². The zero-order valence-electron chi connectivity index (χ0n) is 71.2. The van der Waals surface area contributed by atoms with Gasteiger partial charge in [0.15, 0.2) is 0 Å². The Hall–Kier alpha value is -2.94. The highest BCUT2D eigenvalue weighted by atomic mass is 16.5. The van der Waals surface area contributed by atoms with E-state index in [1.54, 1.807) is 14.1 Å². The Kier molecular flexibility index (Phi) is 20.2. The van der Waals surface area contributed by atoms with Gasteiger partial charge in [0.1, 0.15) is 17.3 Å². The van der Waals surface area contributed by atoms with Crippen LogP contribution < -0.4 is 16.0 Å². The van der Waals surface area contributed by atoms with Crippen LogP contribution in [0.25, 0.3) is 0 Å². The van der Waals surface area contributed by atoms with E-state index in [2.05, 4.69) is 118 Å². The van der Waals surface area contributed by atoms with Crippen LogP contribution in [0.4, 0.5) is 0 Å². The van der Waals surface area contributed by atoms with Gasteiger partial charge < -0.3 is 61.3 Å². The Morgan fingerprint density at radius 1 is 0.444 bits per heavy atom. The topological polar surface area (TPSA) is 286 Å². The number of aliphatic hydroxyl groups is 6. The zero-order chi connectivity index (χ0) is 80.0. The summed E-state index contributed by atoms with van der Waals surface area (Å²) >= 11 is 0. The van der Waals surface area contributed by atoms with E-state index < -0.39 is 43.9 Å². The molecule has 15 aliphatic carbocycles. The molecule has 612 valence electrons. The third kappa shape index (κ3) is 10.4. The number of Topliss-reactive ketones (excluding diaryl/α,β-unsaturated/α-hetero) is 3. The summed E-state index contributed by atoms with van der Waals surface area (Å²) in [5, 5.41) is 89.3. The fourth-order valence-electron chi connectivity index (χ4n) is 33.1. The van der Waals surface area contributed by atoms with E-state index in [4.69, 9.17) is 0 Å². The van der Waals surface area contributed by atoms with Crippen LogP contribution in [0.5, 0.6) is 0 Å². The van der Waals surface area contributed by atoms with Crippen molar-refractivity contribution < 1.29 is 64.1 Å². The van der Waals surface area contributed by atoms with Crippen LogP contribution in [0.3, 0.4) is 0 Å². The van der Waals surface area contributed by atoms with Gasteiger partial charge in [0, 0.05) is 106 Å². The molecule has 0 aromatic carbocycles. The first kappa shape index (κ1) is 83.0. The molecule has 108 heavy (non-hydrogen) atoms. The average molecular weight is 1510 g/mol. The Morgan fingerprint density at radius 2 is 0.713 bits per heavy atom. The predicted octanol–water partition coefficient (Wildman–Crippen LogP) is 12.0. The fraction of sp³-hybridized carbons (Fsp3) is 0.933. The minimum absolute atomic E-state index is 0.00117. The van der Waals surface area contributed by atoms with Crippen molar-refractivity contribution in [3.05, 3.63) is 5.21 Å².